The van der Waals surface area contributed by atoms with Crippen LogP contribution in [0.5, 0.6) is 0 Å². The highest BCUT2D eigenvalue weighted by Gasteiger charge is 2.19. The Hall–Kier alpha value is -1.84. The Labute approximate surface area is 114 Å². The average molecular weight is 262 g/mol. The maximum atomic E-state index is 12.2. The molecule has 0 heterocycles. The van der Waals surface area contributed by atoms with Crippen LogP contribution < -0.4 is 10.6 Å². The normalized spacial score (nSPS) is 11.7. The summed E-state index contributed by atoms with van der Waals surface area (Å²) in [5.74, 6) is -0.418. The van der Waals surface area contributed by atoms with Gasteiger partial charge in [0.1, 0.15) is 0 Å². The van der Waals surface area contributed by atoms with E-state index < -0.39 is 0 Å². The fraction of sp³-hybridized carbons (Fsp3) is 0.467. The molecule has 19 heavy (non-hydrogen) atoms. The van der Waals surface area contributed by atoms with Crippen molar-refractivity contribution in [2.75, 3.05) is 13.1 Å². The third-order valence-electron chi connectivity index (χ3n) is 2.89. The zero-order valence-electron chi connectivity index (χ0n) is 11.6. The molecule has 1 rings (SSSR count). The van der Waals surface area contributed by atoms with Gasteiger partial charge in [-0.25, -0.2) is 0 Å². The molecule has 4 heteroatoms. The fourth-order valence-electron chi connectivity index (χ4n) is 1.97. The second-order valence-electron chi connectivity index (χ2n) is 4.42. The molecular weight excluding hydrogens is 240 g/mol. The van der Waals surface area contributed by atoms with Gasteiger partial charge in [0.2, 0.25) is 11.8 Å². The molecule has 0 radical (unpaired) electrons. The average Bonchev–Trinajstić information content (AvgIpc) is 2.43. The number of hydrogen-bond acceptors (Lipinski definition) is 2. The van der Waals surface area contributed by atoms with Gasteiger partial charge in [0, 0.05) is 6.54 Å². The molecule has 1 atom stereocenters. The molecule has 0 fully saturated rings. The minimum Gasteiger partial charge on any atom is -0.355 e. The molecule has 104 valence electrons. The first-order chi connectivity index (χ1) is 9.19. The molecule has 2 amide bonds. The van der Waals surface area contributed by atoms with Crippen LogP contribution in [0.3, 0.4) is 0 Å². The van der Waals surface area contributed by atoms with Crippen LogP contribution in [-0.4, -0.2) is 24.9 Å². The monoisotopic (exact) mass is 262 g/mol. The lowest BCUT2D eigenvalue weighted by atomic mass is 9.94. The quantitative estimate of drug-likeness (QED) is 0.787. The van der Waals surface area contributed by atoms with Crippen molar-refractivity contribution in [3.8, 4) is 0 Å². The summed E-state index contributed by atoms with van der Waals surface area (Å²) in [6, 6.07) is 9.68. The van der Waals surface area contributed by atoms with E-state index in [2.05, 4.69) is 10.6 Å². The van der Waals surface area contributed by atoms with Crippen molar-refractivity contribution in [1.82, 2.24) is 10.6 Å². The summed E-state index contributed by atoms with van der Waals surface area (Å²) < 4.78 is 0. The summed E-state index contributed by atoms with van der Waals surface area (Å²) in [5.41, 5.74) is 0.998. The van der Waals surface area contributed by atoms with Gasteiger partial charge < -0.3 is 10.6 Å². The van der Waals surface area contributed by atoms with Gasteiger partial charge in [-0.1, -0.05) is 43.7 Å². The number of rotatable bonds is 7. The Morgan fingerprint density at radius 1 is 1.11 bits per heavy atom. The molecule has 0 aliphatic carbocycles. The molecule has 0 saturated heterocycles. The van der Waals surface area contributed by atoms with Crippen LogP contribution in [0.1, 0.15) is 38.2 Å². The number of carbonyl (C=O) groups excluding carboxylic acids is 2. The summed E-state index contributed by atoms with van der Waals surface area (Å²) in [7, 11) is 0. The smallest absolute Gasteiger partial charge is 0.239 e. The minimum atomic E-state index is -0.180. The molecule has 1 aromatic rings. The van der Waals surface area contributed by atoms with Crippen LogP contribution in [0, 0.1) is 0 Å². The Kier molecular flexibility index (Phi) is 6.64. The van der Waals surface area contributed by atoms with Crippen LogP contribution in [0.2, 0.25) is 0 Å². The number of benzene rings is 1. The third kappa shape index (κ3) is 5.12. The zero-order chi connectivity index (χ0) is 14.1. The summed E-state index contributed by atoms with van der Waals surface area (Å²) in [6.45, 7) is 4.52. The Morgan fingerprint density at radius 3 is 2.37 bits per heavy atom. The Bertz CT molecular complexity index is 404. The van der Waals surface area contributed by atoms with E-state index in [4.69, 9.17) is 0 Å². The zero-order valence-corrected chi connectivity index (χ0v) is 11.6. The van der Waals surface area contributed by atoms with Gasteiger partial charge in [-0.05, 0) is 18.9 Å². The lowest BCUT2D eigenvalue weighted by molar-refractivity contribution is -0.127. The van der Waals surface area contributed by atoms with Crippen molar-refractivity contribution >= 4 is 11.8 Å². The standard InChI is InChI=1S/C15H22N2O2/c1-3-8-13(12-9-6-5-7-10-12)15(19)17-11-14(18)16-4-2/h5-7,9-10,13H,3-4,8,11H2,1-2H3,(H,16,18)(H,17,19). The number of amides is 2. The van der Waals surface area contributed by atoms with Crippen molar-refractivity contribution in [2.24, 2.45) is 0 Å². The van der Waals surface area contributed by atoms with E-state index >= 15 is 0 Å². The van der Waals surface area contributed by atoms with Crippen LogP contribution >= 0.6 is 0 Å². The molecule has 0 bridgehead atoms. The van der Waals surface area contributed by atoms with Crippen LogP contribution in [0.4, 0.5) is 0 Å². The van der Waals surface area contributed by atoms with E-state index in [1.165, 1.54) is 0 Å². The molecule has 0 spiro atoms. The summed E-state index contributed by atoms with van der Waals surface area (Å²) in [4.78, 5) is 23.5. The topological polar surface area (TPSA) is 58.2 Å². The number of carbonyl (C=O) groups is 2. The van der Waals surface area contributed by atoms with Gasteiger partial charge in [-0.3, -0.25) is 9.59 Å². The van der Waals surface area contributed by atoms with Gasteiger partial charge in [0.05, 0.1) is 12.5 Å². The van der Waals surface area contributed by atoms with Crippen LogP contribution in [-0.2, 0) is 9.59 Å². The first-order valence-electron chi connectivity index (χ1n) is 6.78. The molecule has 1 aromatic carbocycles. The fourth-order valence-corrected chi connectivity index (χ4v) is 1.97. The van der Waals surface area contributed by atoms with Gasteiger partial charge in [-0.15, -0.1) is 0 Å². The lowest BCUT2D eigenvalue weighted by Gasteiger charge is -2.16. The predicted molar refractivity (Wildman–Crippen MR) is 75.8 cm³/mol. The van der Waals surface area contributed by atoms with Crippen LogP contribution in [0.15, 0.2) is 30.3 Å². The second kappa shape index (κ2) is 8.29. The van der Waals surface area contributed by atoms with Gasteiger partial charge >= 0.3 is 0 Å². The Morgan fingerprint density at radius 2 is 1.79 bits per heavy atom. The van der Waals surface area contributed by atoms with E-state index in [0.29, 0.717) is 6.54 Å². The molecule has 0 saturated carbocycles. The number of nitrogens with one attached hydrogen (secondary N) is 2. The van der Waals surface area contributed by atoms with Crippen LogP contribution in [0.25, 0.3) is 0 Å². The first-order valence-corrected chi connectivity index (χ1v) is 6.78. The first kappa shape index (κ1) is 15.2. The maximum Gasteiger partial charge on any atom is 0.239 e. The van der Waals surface area contributed by atoms with E-state index in [-0.39, 0.29) is 24.3 Å². The lowest BCUT2D eigenvalue weighted by Crippen LogP contribution is -2.38. The van der Waals surface area contributed by atoms with Gasteiger partial charge in [0.15, 0.2) is 0 Å². The minimum absolute atomic E-state index is 0.0414. The van der Waals surface area contributed by atoms with Gasteiger partial charge in [-0.2, -0.15) is 0 Å². The van der Waals surface area contributed by atoms with E-state index in [9.17, 15) is 9.59 Å². The molecule has 2 N–H and O–H groups in total. The predicted octanol–water partition coefficient (Wildman–Crippen LogP) is 1.82. The highest BCUT2D eigenvalue weighted by Crippen LogP contribution is 2.21. The highest BCUT2D eigenvalue weighted by atomic mass is 16.2. The molecule has 0 aromatic heterocycles. The van der Waals surface area contributed by atoms with Crippen molar-refractivity contribution in [3.05, 3.63) is 35.9 Å². The molecule has 4 nitrogen and oxygen atoms in total. The second-order valence-corrected chi connectivity index (χ2v) is 4.42. The van der Waals surface area contributed by atoms with E-state index in [1.54, 1.807) is 0 Å². The van der Waals surface area contributed by atoms with Crippen molar-refractivity contribution < 1.29 is 9.59 Å². The highest BCUT2D eigenvalue weighted by molar-refractivity contribution is 5.88. The maximum absolute atomic E-state index is 12.2. The molecule has 0 aliphatic rings. The summed E-state index contributed by atoms with van der Waals surface area (Å²) in [5, 5.41) is 5.36. The third-order valence-corrected chi connectivity index (χ3v) is 2.89. The van der Waals surface area contributed by atoms with E-state index in [0.717, 1.165) is 18.4 Å². The SMILES string of the molecule is CCCC(C(=O)NCC(=O)NCC)c1ccccc1. The number of likely N-dealkylation sites (N-methyl/N-ethyl adjacent to an activating group) is 1. The molecule has 0 aliphatic heterocycles. The van der Waals surface area contributed by atoms with Gasteiger partial charge in [0.25, 0.3) is 0 Å². The molecule has 1 unspecified atom stereocenters. The van der Waals surface area contributed by atoms with E-state index in [1.807, 2.05) is 44.2 Å². The largest absolute Gasteiger partial charge is 0.355 e. The Balaban J connectivity index is 2.61. The van der Waals surface area contributed by atoms with Crippen molar-refractivity contribution in [3.63, 3.8) is 0 Å². The summed E-state index contributed by atoms with van der Waals surface area (Å²) >= 11 is 0. The summed E-state index contributed by atoms with van der Waals surface area (Å²) in [6.07, 6.45) is 1.71. The van der Waals surface area contributed by atoms with Crippen molar-refractivity contribution in [1.29, 1.82) is 0 Å². The molecular formula is C15H22N2O2. The number of hydrogen-bond donors (Lipinski definition) is 2. The van der Waals surface area contributed by atoms with Crippen molar-refractivity contribution in [2.45, 2.75) is 32.6 Å².